The summed E-state index contributed by atoms with van der Waals surface area (Å²) in [4.78, 5) is 11.9. The standard InChI is InChI=1S/C24H34O5Si/c1-7-27-23(26)21(25)16-19-15-20(29-30(5,6)24(2,3)4)13-14-22(19)28-17-18-11-9-8-10-12-18/h8-15,21,25H,7,16-17H2,1-6H3/t21-/m0/s1. The molecule has 0 saturated carbocycles. The van der Waals surface area contributed by atoms with Crippen LogP contribution in [-0.4, -0.2) is 32.1 Å². The molecule has 0 spiro atoms. The Hall–Kier alpha value is -2.31. The highest BCUT2D eigenvalue weighted by atomic mass is 28.4. The van der Waals surface area contributed by atoms with E-state index in [9.17, 15) is 9.90 Å². The first-order valence-corrected chi connectivity index (χ1v) is 13.3. The third-order valence-corrected chi connectivity index (χ3v) is 9.78. The zero-order chi connectivity index (χ0) is 22.4. The largest absolute Gasteiger partial charge is 0.543 e. The molecule has 5 nitrogen and oxygen atoms in total. The van der Waals surface area contributed by atoms with Gasteiger partial charge in [0.1, 0.15) is 18.1 Å². The smallest absolute Gasteiger partial charge is 0.335 e. The predicted molar refractivity (Wildman–Crippen MR) is 121 cm³/mol. The third kappa shape index (κ3) is 6.60. The van der Waals surface area contributed by atoms with E-state index in [1.807, 2.05) is 48.5 Å². The van der Waals surface area contributed by atoms with E-state index >= 15 is 0 Å². The van der Waals surface area contributed by atoms with E-state index in [-0.39, 0.29) is 18.1 Å². The molecule has 0 saturated heterocycles. The molecule has 0 amide bonds. The molecule has 0 aliphatic rings. The Kier molecular flexibility index (Phi) is 8.09. The number of hydrogen-bond acceptors (Lipinski definition) is 5. The van der Waals surface area contributed by atoms with E-state index in [4.69, 9.17) is 13.9 Å². The molecule has 30 heavy (non-hydrogen) atoms. The molecule has 0 bridgehead atoms. The van der Waals surface area contributed by atoms with Crippen molar-refractivity contribution in [3.05, 3.63) is 59.7 Å². The molecular formula is C24H34O5Si. The van der Waals surface area contributed by atoms with Crippen LogP contribution in [0.25, 0.3) is 0 Å². The Labute approximate surface area is 181 Å². The molecule has 0 aliphatic heterocycles. The van der Waals surface area contributed by atoms with Crippen molar-refractivity contribution >= 4 is 14.3 Å². The quantitative estimate of drug-likeness (QED) is 0.442. The van der Waals surface area contributed by atoms with Gasteiger partial charge in [0.15, 0.2) is 6.10 Å². The summed E-state index contributed by atoms with van der Waals surface area (Å²) >= 11 is 0. The molecule has 0 aliphatic carbocycles. The van der Waals surface area contributed by atoms with Gasteiger partial charge in [-0.1, -0.05) is 51.1 Å². The molecule has 1 N–H and O–H groups in total. The van der Waals surface area contributed by atoms with Crippen LogP contribution in [0.1, 0.15) is 38.8 Å². The second kappa shape index (κ2) is 10.1. The molecule has 2 aromatic carbocycles. The highest BCUT2D eigenvalue weighted by Gasteiger charge is 2.39. The van der Waals surface area contributed by atoms with Gasteiger partial charge < -0.3 is 19.0 Å². The molecule has 0 aromatic heterocycles. The first-order chi connectivity index (χ1) is 14.0. The van der Waals surface area contributed by atoms with Gasteiger partial charge in [0.2, 0.25) is 8.32 Å². The Morgan fingerprint density at radius 3 is 2.37 bits per heavy atom. The average molecular weight is 431 g/mol. The van der Waals surface area contributed by atoms with Crippen LogP contribution in [-0.2, 0) is 22.6 Å². The summed E-state index contributed by atoms with van der Waals surface area (Å²) in [5.41, 5.74) is 1.75. The maximum Gasteiger partial charge on any atom is 0.335 e. The van der Waals surface area contributed by atoms with Gasteiger partial charge in [-0.05, 0) is 48.8 Å². The molecule has 0 heterocycles. The van der Waals surface area contributed by atoms with Crippen molar-refractivity contribution < 1.29 is 23.8 Å². The average Bonchev–Trinajstić information content (AvgIpc) is 2.67. The minimum Gasteiger partial charge on any atom is -0.543 e. The molecular weight excluding hydrogens is 396 g/mol. The summed E-state index contributed by atoms with van der Waals surface area (Å²) in [6.07, 6.45) is -1.16. The number of ether oxygens (including phenoxy) is 2. The number of rotatable bonds is 9. The molecule has 164 valence electrons. The van der Waals surface area contributed by atoms with E-state index in [1.54, 1.807) is 6.92 Å². The molecule has 6 heteroatoms. The van der Waals surface area contributed by atoms with Crippen LogP contribution in [0.3, 0.4) is 0 Å². The van der Waals surface area contributed by atoms with Gasteiger partial charge in [-0.2, -0.15) is 0 Å². The number of carbonyl (C=O) groups is 1. The second-order valence-corrected chi connectivity index (χ2v) is 13.6. The van der Waals surface area contributed by atoms with Crippen molar-refractivity contribution in [3.63, 3.8) is 0 Å². The molecule has 0 unspecified atom stereocenters. The number of aliphatic hydroxyl groups is 1. The number of benzene rings is 2. The van der Waals surface area contributed by atoms with Crippen LogP contribution >= 0.6 is 0 Å². The van der Waals surface area contributed by atoms with Crippen molar-refractivity contribution in [1.29, 1.82) is 0 Å². The Morgan fingerprint density at radius 1 is 1.10 bits per heavy atom. The minimum absolute atomic E-state index is 0.0556. The normalized spacial score (nSPS) is 12.9. The topological polar surface area (TPSA) is 65.0 Å². The molecule has 2 rings (SSSR count). The monoisotopic (exact) mass is 430 g/mol. The minimum atomic E-state index is -2.03. The van der Waals surface area contributed by atoms with Gasteiger partial charge in [0.05, 0.1) is 6.61 Å². The predicted octanol–water partition coefficient (Wildman–Crippen LogP) is 5.12. The van der Waals surface area contributed by atoms with Gasteiger partial charge in [-0.25, -0.2) is 4.79 Å². The van der Waals surface area contributed by atoms with Crippen molar-refractivity contribution in [2.45, 2.75) is 65.0 Å². The van der Waals surface area contributed by atoms with E-state index in [1.165, 1.54) is 0 Å². The molecule has 1 atom stereocenters. The fraction of sp³-hybridized carbons (Fsp3) is 0.458. The number of carbonyl (C=O) groups excluding carboxylic acids is 1. The lowest BCUT2D eigenvalue weighted by molar-refractivity contribution is -0.152. The Morgan fingerprint density at radius 2 is 1.77 bits per heavy atom. The Balaban J connectivity index is 2.27. The molecule has 0 fully saturated rings. The summed E-state index contributed by atoms with van der Waals surface area (Å²) in [6.45, 7) is 13.2. The van der Waals surface area contributed by atoms with Gasteiger partial charge in [-0.3, -0.25) is 0 Å². The third-order valence-electron chi connectivity index (χ3n) is 5.42. The maximum absolute atomic E-state index is 11.9. The van der Waals surface area contributed by atoms with Gasteiger partial charge in [0.25, 0.3) is 0 Å². The van der Waals surface area contributed by atoms with Crippen LogP contribution < -0.4 is 9.16 Å². The molecule has 0 radical (unpaired) electrons. The second-order valence-electron chi connectivity index (χ2n) is 8.88. The summed E-state index contributed by atoms with van der Waals surface area (Å²) in [5, 5.41) is 10.4. The first kappa shape index (κ1) is 24.0. The zero-order valence-electron chi connectivity index (χ0n) is 18.9. The highest BCUT2D eigenvalue weighted by Crippen LogP contribution is 2.38. The summed E-state index contributed by atoms with van der Waals surface area (Å²) in [5.74, 6) is 0.701. The lowest BCUT2D eigenvalue weighted by atomic mass is 10.1. The Bertz CT molecular complexity index is 827. The lowest BCUT2D eigenvalue weighted by Crippen LogP contribution is -2.43. The zero-order valence-corrected chi connectivity index (χ0v) is 19.9. The summed E-state index contributed by atoms with van der Waals surface area (Å²) in [6, 6.07) is 15.4. The van der Waals surface area contributed by atoms with E-state index < -0.39 is 20.4 Å². The van der Waals surface area contributed by atoms with E-state index in [0.717, 1.165) is 11.3 Å². The van der Waals surface area contributed by atoms with Crippen LogP contribution in [0.15, 0.2) is 48.5 Å². The lowest BCUT2D eigenvalue weighted by Gasteiger charge is -2.36. The first-order valence-electron chi connectivity index (χ1n) is 10.4. The summed E-state index contributed by atoms with van der Waals surface area (Å²) < 4.78 is 17.4. The maximum atomic E-state index is 11.9. The van der Waals surface area contributed by atoms with Crippen molar-refractivity contribution in [1.82, 2.24) is 0 Å². The van der Waals surface area contributed by atoms with Crippen LogP contribution in [0.5, 0.6) is 11.5 Å². The van der Waals surface area contributed by atoms with Crippen LogP contribution in [0, 0.1) is 0 Å². The van der Waals surface area contributed by atoms with Crippen LogP contribution in [0.2, 0.25) is 18.1 Å². The van der Waals surface area contributed by atoms with Gasteiger partial charge >= 0.3 is 5.97 Å². The van der Waals surface area contributed by atoms with Crippen molar-refractivity contribution in [2.75, 3.05) is 6.61 Å². The number of aliphatic hydroxyl groups excluding tert-OH is 1. The highest BCUT2D eigenvalue weighted by molar-refractivity contribution is 6.74. The van der Waals surface area contributed by atoms with E-state index in [0.29, 0.717) is 17.9 Å². The van der Waals surface area contributed by atoms with Crippen molar-refractivity contribution in [3.8, 4) is 11.5 Å². The van der Waals surface area contributed by atoms with E-state index in [2.05, 4.69) is 33.9 Å². The summed E-state index contributed by atoms with van der Waals surface area (Å²) in [7, 11) is -2.03. The number of esters is 1. The fourth-order valence-electron chi connectivity index (χ4n) is 2.63. The number of hydrogen-bond donors (Lipinski definition) is 1. The van der Waals surface area contributed by atoms with Gasteiger partial charge in [0, 0.05) is 12.0 Å². The van der Waals surface area contributed by atoms with Crippen LogP contribution in [0.4, 0.5) is 0 Å². The van der Waals surface area contributed by atoms with Crippen molar-refractivity contribution in [2.24, 2.45) is 0 Å². The SMILES string of the molecule is CCOC(=O)[C@@H](O)Cc1cc(O[Si](C)(C)C(C)(C)C)ccc1OCc1ccccc1. The fourth-order valence-corrected chi connectivity index (χ4v) is 3.66. The molecule has 2 aromatic rings. The van der Waals surface area contributed by atoms with Gasteiger partial charge in [-0.15, -0.1) is 0 Å².